The van der Waals surface area contributed by atoms with Gasteiger partial charge in [0, 0.05) is 12.2 Å². The van der Waals surface area contributed by atoms with Gasteiger partial charge < -0.3 is 14.8 Å². The maximum atomic E-state index is 12.9. The van der Waals surface area contributed by atoms with E-state index in [1.54, 1.807) is 19.2 Å². The monoisotopic (exact) mass is 360 g/mol. The number of rotatable bonds is 9. The number of halogens is 1. The first-order valence-corrected chi connectivity index (χ1v) is 8.63. The lowest BCUT2D eigenvalue weighted by Crippen LogP contribution is -2.32. The van der Waals surface area contributed by atoms with Crippen molar-refractivity contribution >= 4 is 11.6 Å². The van der Waals surface area contributed by atoms with Gasteiger partial charge in [0.25, 0.3) is 0 Å². The second kappa shape index (κ2) is 9.77. The normalized spacial score (nSPS) is 10.7. The summed E-state index contributed by atoms with van der Waals surface area (Å²) in [5.74, 6) is 0.908. The molecule has 0 radical (unpaired) electrons. The minimum atomic E-state index is -0.331. The fourth-order valence-corrected chi connectivity index (χ4v) is 2.56. The van der Waals surface area contributed by atoms with E-state index in [2.05, 4.69) is 5.32 Å². The number of nitrogens with one attached hydrogen (secondary N) is 1. The van der Waals surface area contributed by atoms with E-state index in [1.807, 2.05) is 36.9 Å². The highest BCUT2D eigenvalue weighted by molar-refractivity contribution is 5.92. The van der Waals surface area contributed by atoms with Crippen molar-refractivity contribution in [3.8, 4) is 11.5 Å². The molecule has 0 aliphatic rings. The molecular formula is C20H25FN2O3. The van der Waals surface area contributed by atoms with E-state index >= 15 is 0 Å². The lowest BCUT2D eigenvalue weighted by molar-refractivity contribution is -0.117. The van der Waals surface area contributed by atoms with Gasteiger partial charge in [-0.25, -0.2) is 4.39 Å². The molecule has 1 amide bonds. The van der Waals surface area contributed by atoms with Crippen LogP contribution in [0.15, 0.2) is 42.5 Å². The number of ether oxygens (including phenoxy) is 2. The van der Waals surface area contributed by atoms with Crippen LogP contribution in [0, 0.1) is 5.82 Å². The zero-order chi connectivity index (χ0) is 18.9. The Bertz CT molecular complexity index is 719. The van der Waals surface area contributed by atoms with Crippen LogP contribution in [-0.2, 0) is 11.3 Å². The third-order valence-electron chi connectivity index (χ3n) is 3.88. The van der Waals surface area contributed by atoms with Crippen molar-refractivity contribution < 1.29 is 18.7 Å². The Morgan fingerprint density at radius 1 is 1.12 bits per heavy atom. The zero-order valence-corrected chi connectivity index (χ0v) is 15.4. The molecule has 0 aliphatic carbocycles. The Morgan fingerprint density at radius 2 is 1.85 bits per heavy atom. The molecule has 6 heteroatoms. The van der Waals surface area contributed by atoms with E-state index in [0.717, 1.165) is 5.56 Å². The van der Waals surface area contributed by atoms with E-state index in [0.29, 0.717) is 36.9 Å². The lowest BCUT2D eigenvalue weighted by Gasteiger charge is -2.20. The van der Waals surface area contributed by atoms with Gasteiger partial charge in [0.15, 0.2) is 11.5 Å². The molecule has 0 saturated heterocycles. The van der Waals surface area contributed by atoms with Crippen LogP contribution < -0.4 is 14.8 Å². The Hall–Kier alpha value is -2.60. The molecular weight excluding hydrogens is 335 g/mol. The lowest BCUT2D eigenvalue weighted by atomic mass is 10.2. The maximum absolute atomic E-state index is 12.9. The standard InChI is InChI=1S/C20H25FN2O3/c1-4-23(14-20(24)22-17-9-7-16(21)8-10-17)13-15-6-11-18(26-5-2)19(12-15)25-3/h6-12H,4-5,13-14H2,1-3H3,(H,22,24). The fourth-order valence-electron chi connectivity index (χ4n) is 2.56. The summed E-state index contributed by atoms with van der Waals surface area (Å²) in [4.78, 5) is 14.2. The number of hydrogen-bond donors (Lipinski definition) is 1. The molecule has 0 bridgehead atoms. The van der Waals surface area contributed by atoms with Crippen LogP contribution in [0.3, 0.4) is 0 Å². The first-order chi connectivity index (χ1) is 12.5. The van der Waals surface area contributed by atoms with Gasteiger partial charge in [-0.05, 0) is 55.4 Å². The van der Waals surface area contributed by atoms with Crippen molar-refractivity contribution in [3.05, 3.63) is 53.8 Å². The number of nitrogens with zero attached hydrogens (tertiary/aromatic N) is 1. The van der Waals surface area contributed by atoms with Crippen LogP contribution in [0.4, 0.5) is 10.1 Å². The summed E-state index contributed by atoms with van der Waals surface area (Å²) >= 11 is 0. The number of benzene rings is 2. The zero-order valence-electron chi connectivity index (χ0n) is 15.4. The minimum absolute atomic E-state index is 0.142. The maximum Gasteiger partial charge on any atom is 0.238 e. The summed E-state index contributed by atoms with van der Waals surface area (Å²) in [6, 6.07) is 11.5. The molecule has 140 valence electrons. The van der Waals surface area contributed by atoms with Gasteiger partial charge in [-0.1, -0.05) is 13.0 Å². The van der Waals surface area contributed by atoms with Gasteiger partial charge in [0.1, 0.15) is 5.82 Å². The van der Waals surface area contributed by atoms with Crippen LogP contribution in [0.2, 0.25) is 0 Å². The predicted octanol–water partition coefficient (Wildman–Crippen LogP) is 3.69. The Morgan fingerprint density at radius 3 is 2.46 bits per heavy atom. The van der Waals surface area contributed by atoms with Crippen molar-refractivity contribution in [2.24, 2.45) is 0 Å². The summed E-state index contributed by atoms with van der Waals surface area (Å²) < 4.78 is 23.8. The summed E-state index contributed by atoms with van der Waals surface area (Å²) in [5.41, 5.74) is 1.61. The number of hydrogen-bond acceptors (Lipinski definition) is 4. The molecule has 0 unspecified atom stereocenters. The summed E-state index contributed by atoms with van der Waals surface area (Å²) in [6.45, 7) is 6.05. The fraction of sp³-hybridized carbons (Fsp3) is 0.350. The highest BCUT2D eigenvalue weighted by atomic mass is 19.1. The first-order valence-electron chi connectivity index (χ1n) is 8.63. The van der Waals surface area contributed by atoms with Gasteiger partial charge >= 0.3 is 0 Å². The molecule has 0 heterocycles. The van der Waals surface area contributed by atoms with Crippen LogP contribution in [0.5, 0.6) is 11.5 Å². The Kier molecular flexibility index (Phi) is 7.41. The van der Waals surface area contributed by atoms with E-state index in [9.17, 15) is 9.18 Å². The highest BCUT2D eigenvalue weighted by Crippen LogP contribution is 2.28. The summed E-state index contributed by atoms with van der Waals surface area (Å²) in [7, 11) is 1.61. The number of carbonyl (C=O) groups is 1. The van der Waals surface area contributed by atoms with Crippen molar-refractivity contribution in [2.75, 3.05) is 32.1 Å². The van der Waals surface area contributed by atoms with Gasteiger partial charge in [-0.15, -0.1) is 0 Å². The number of amides is 1. The van der Waals surface area contributed by atoms with Crippen LogP contribution >= 0.6 is 0 Å². The second-order valence-electron chi connectivity index (χ2n) is 5.78. The highest BCUT2D eigenvalue weighted by Gasteiger charge is 2.12. The minimum Gasteiger partial charge on any atom is -0.493 e. The molecule has 2 aromatic rings. The number of anilines is 1. The van der Waals surface area contributed by atoms with E-state index in [-0.39, 0.29) is 18.3 Å². The SMILES string of the molecule is CCOc1ccc(CN(CC)CC(=O)Nc2ccc(F)cc2)cc1OC. The third-order valence-corrected chi connectivity index (χ3v) is 3.88. The molecule has 0 spiro atoms. The van der Waals surface area contributed by atoms with E-state index in [1.165, 1.54) is 12.1 Å². The third kappa shape index (κ3) is 5.74. The molecule has 26 heavy (non-hydrogen) atoms. The molecule has 0 fully saturated rings. The van der Waals surface area contributed by atoms with Crippen molar-refractivity contribution in [2.45, 2.75) is 20.4 Å². The Balaban J connectivity index is 1.97. The number of methoxy groups -OCH3 is 1. The van der Waals surface area contributed by atoms with Gasteiger partial charge in [-0.2, -0.15) is 0 Å². The number of carbonyl (C=O) groups excluding carboxylic acids is 1. The second-order valence-corrected chi connectivity index (χ2v) is 5.78. The topological polar surface area (TPSA) is 50.8 Å². The van der Waals surface area contributed by atoms with Gasteiger partial charge in [0.2, 0.25) is 5.91 Å². The van der Waals surface area contributed by atoms with Crippen molar-refractivity contribution in [1.29, 1.82) is 0 Å². The van der Waals surface area contributed by atoms with Gasteiger partial charge in [0.05, 0.1) is 20.3 Å². The van der Waals surface area contributed by atoms with E-state index in [4.69, 9.17) is 9.47 Å². The smallest absolute Gasteiger partial charge is 0.238 e. The van der Waals surface area contributed by atoms with Crippen LogP contribution in [-0.4, -0.2) is 37.6 Å². The molecule has 2 rings (SSSR count). The van der Waals surface area contributed by atoms with Gasteiger partial charge in [-0.3, -0.25) is 9.69 Å². The molecule has 0 aromatic heterocycles. The van der Waals surface area contributed by atoms with Crippen LogP contribution in [0.1, 0.15) is 19.4 Å². The number of likely N-dealkylation sites (N-methyl/N-ethyl adjacent to an activating group) is 1. The summed E-state index contributed by atoms with van der Waals surface area (Å²) in [6.07, 6.45) is 0. The largest absolute Gasteiger partial charge is 0.493 e. The average Bonchev–Trinajstić information content (AvgIpc) is 2.64. The Labute approximate surface area is 153 Å². The molecule has 0 aliphatic heterocycles. The molecule has 5 nitrogen and oxygen atoms in total. The summed E-state index contributed by atoms with van der Waals surface area (Å²) in [5, 5.41) is 2.78. The average molecular weight is 360 g/mol. The molecule has 2 aromatic carbocycles. The molecule has 0 atom stereocenters. The van der Waals surface area contributed by atoms with E-state index < -0.39 is 0 Å². The first kappa shape index (κ1) is 19.7. The predicted molar refractivity (Wildman–Crippen MR) is 100 cm³/mol. The van der Waals surface area contributed by atoms with Crippen molar-refractivity contribution in [1.82, 2.24) is 4.90 Å². The molecule has 1 N–H and O–H groups in total. The quantitative estimate of drug-likeness (QED) is 0.741. The van der Waals surface area contributed by atoms with Crippen molar-refractivity contribution in [3.63, 3.8) is 0 Å². The molecule has 0 saturated carbocycles. The van der Waals surface area contributed by atoms with Crippen LogP contribution in [0.25, 0.3) is 0 Å².